The first-order chi connectivity index (χ1) is 8.31. The fourth-order valence-electron chi connectivity index (χ4n) is 1.59. The van der Waals surface area contributed by atoms with E-state index in [1.54, 1.807) is 0 Å². The Balaban J connectivity index is 2.16. The van der Waals surface area contributed by atoms with Crippen LogP contribution in [0.1, 0.15) is 12.0 Å². The van der Waals surface area contributed by atoms with Gasteiger partial charge in [0, 0.05) is 10.9 Å². The van der Waals surface area contributed by atoms with Crippen molar-refractivity contribution in [3.8, 4) is 0 Å². The van der Waals surface area contributed by atoms with E-state index in [2.05, 4.69) is 11.6 Å². The third-order valence-electron chi connectivity index (χ3n) is 2.47. The summed E-state index contributed by atoms with van der Waals surface area (Å²) in [4.78, 5) is 4.34. The van der Waals surface area contributed by atoms with Crippen molar-refractivity contribution >= 4 is 22.5 Å². The highest BCUT2D eigenvalue weighted by Gasteiger charge is 2.04. The van der Waals surface area contributed by atoms with E-state index in [9.17, 15) is 0 Å². The zero-order valence-electron chi connectivity index (χ0n) is 9.53. The number of benzene rings is 1. The Labute approximate surface area is 106 Å². The SMILES string of the molecule is C=CCCOCc1cc2ccccc2nc1Cl. The minimum atomic E-state index is 0.491. The van der Waals surface area contributed by atoms with Crippen LogP contribution in [0.5, 0.6) is 0 Å². The number of nitrogens with zero attached hydrogens (tertiary/aromatic N) is 1. The van der Waals surface area contributed by atoms with Crippen LogP contribution in [0.4, 0.5) is 0 Å². The Morgan fingerprint density at radius 3 is 3.00 bits per heavy atom. The molecule has 0 saturated heterocycles. The van der Waals surface area contributed by atoms with Gasteiger partial charge in [0.2, 0.25) is 0 Å². The topological polar surface area (TPSA) is 22.1 Å². The van der Waals surface area contributed by atoms with E-state index in [1.165, 1.54) is 0 Å². The molecule has 0 aliphatic rings. The summed E-state index contributed by atoms with van der Waals surface area (Å²) in [5, 5.41) is 1.60. The monoisotopic (exact) mass is 247 g/mol. The number of ether oxygens (including phenoxy) is 1. The number of hydrogen-bond acceptors (Lipinski definition) is 2. The number of pyridine rings is 1. The minimum absolute atomic E-state index is 0.491. The van der Waals surface area contributed by atoms with E-state index in [1.807, 2.05) is 36.4 Å². The molecule has 0 aliphatic heterocycles. The molecule has 17 heavy (non-hydrogen) atoms. The van der Waals surface area contributed by atoms with E-state index in [-0.39, 0.29) is 0 Å². The first-order valence-electron chi connectivity index (χ1n) is 5.54. The van der Waals surface area contributed by atoms with Crippen molar-refractivity contribution in [3.63, 3.8) is 0 Å². The Bertz CT molecular complexity index is 525. The van der Waals surface area contributed by atoms with Gasteiger partial charge in [0.05, 0.1) is 18.7 Å². The maximum Gasteiger partial charge on any atom is 0.135 e. The van der Waals surface area contributed by atoms with Crippen LogP contribution in [0.25, 0.3) is 10.9 Å². The van der Waals surface area contributed by atoms with Crippen LogP contribution >= 0.6 is 11.6 Å². The molecule has 0 N–H and O–H groups in total. The van der Waals surface area contributed by atoms with E-state index in [4.69, 9.17) is 16.3 Å². The third kappa shape index (κ3) is 3.05. The molecule has 1 heterocycles. The number of halogens is 1. The van der Waals surface area contributed by atoms with Gasteiger partial charge in [-0.2, -0.15) is 0 Å². The van der Waals surface area contributed by atoms with E-state index < -0.39 is 0 Å². The second kappa shape index (κ2) is 5.80. The van der Waals surface area contributed by atoms with Gasteiger partial charge in [-0.1, -0.05) is 35.9 Å². The summed E-state index contributed by atoms with van der Waals surface area (Å²) in [5.41, 5.74) is 1.83. The van der Waals surface area contributed by atoms with Crippen LogP contribution < -0.4 is 0 Å². The highest BCUT2D eigenvalue weighted by molar-refractivity contribution is 6.30. The molecule has 0 bridgehead atoms. The summed E-state index contributed by atoms with van der Waals surface area (Å²) in [6.45, 7) is 4.80. The Hall–Kier alpha value is -1.38. The lowest BCUT2D eigenvalue weighted by Crippen LogP contribution is -1.96. The molecule has 2 rings (SSSR count). The number of fused-ring (bicyclic) bond motifs is 1. The fourth-order valence-corrected chi connectivity index (χ4v) is 1.79. The smallest absolute Gasteiger partial charge is 0.135 e. The molecule has 2 aromatic rings. The molecular weight excluding hydrogens is 234 g/mol. The van der Waals surface area contributed by atoms with Gasteiger partial charge in [0.15, 0.2) is 0 Å². The van der Waals surface area contributed by atoms with Crippen LogP contribution in [0.2, 0.25) is 5.15 Å². The largest absolute Gasteiger partial charge is 0.376 e. The highest BCUT2D eigenvalue weighted by atomic mass is 35.5. The lowest BCUT2D eigenvalue weighted by atomic mass is 10.2. The molecule has 0 atom stereocenters. The van der Waals surface area contributed by atoms with Crippen molar-refractivity contribution in [1.29, 1.82) is 0 Å². The predicted octanol–water partition coefficient (Wildman–Crippen LogP) is 3.98. The molecule has 0 aliphatic carbocycles. The summed E-state index contributed by atoms with van der Waals surface area (Å²) in [6, 6.07) is 9.93. The number of hydrogen-bond donors (Lipinski definition) is 0. The number of para-hydroxylation sites is 1. The van der Waals surface area contributed by atoms with Gasteiger partial charge < -0.3 is 4.74 Å². The zero-order chi connectivity index (χ0) is 12.1. The molecule has 88 valence electrons. The molecule has 1 aromatic heterocycles. The Morgan fingerprint density at radius 1 is 1.35 bits per heavy atom. The van der Waals surface area contributed by atoms with E-state index in [0.717, 1.165) is 22.9 Å². The summed E-state index contributed by atoms with van der Waals surface area (Å²) in [7, 11) is 0. The highest BCUT2D eigenvalue weighted by Crippen LogP contribution is 2.21. The first-order valence-corrected chi connectivity index (χ1v) is 5.92. The van der Waals surface area contributed by atoms with Gasteiger partial charge in [0.25, 0.3) is 0 Å². The van der Waals surface area contributed by atoms with Crippen LogP contribution in [0.3, 0.4) is 0 Å². The van der Waals surface area contributed by atoms with Crippen LogP contribution in [0.15, 0.2) is 43.0 Å². The molecule has 0 radical (unpaired) electrons. The van der Waals surface area contributed by atoms with E-state index in [0.29, 0.717) is 18.4 Å². The molecule has 0 spiro atoms. The molecule has 2 nitrogen and oxygen atoms in total. The molecule has 3 heteroatoms. The van der Waals surface area contributed by atoms with Crippen molar-refractivity contribution in [2.24, 2.45) is 0 Å². The van der Waals surface area contributed by atoms with Gasteiger partial charge in [-0.25, -0.2) is 4.98 Å². The van der Waals surface area contributed by atoms with Crippen molar-refractivity contribution in [2.75, 3.05) is 6.61 Å². The van der Waals surface area contributed by atoms with Crippen LogP contribution in [-0.4, -0.2) is 11.6 Å². The van der Waals surface area contributed by atoms with Gasteiger partial charge in [-0.05, 0) is 18.6 Å². The Kier molecular flexibility index (Phi) is 4.13. The Morgan fingerprint density at radius 2 is 2.18 bits per heavy atom. The minimum Gasteiger partial charge on any atom is -0.376 e. The molecule has 0 unspecified atom stereocenters. The second-order valence-corrected chi connectivity index (χ2v) is 4.12. The van der Waals surface area contributed by atoms with Gasteiger partial charge in [-0.3, -0.25) is 0 Å². The average molecular weight is 248 g/mol. The molecule has 1 aromatic carbocycles. The standard InChI is InChI=1S/C14H14ClNO/c1-2-3-8-17-10-12-9-11-6-4-5-7-13(11)16-14(12)15/h2,4-7,9H,1,3,8,10H2. The summed E-state index contributed by atoms with van der Waals surface area (Å²) in [5.74, 6) is 0. The molecular formula is C14H14ClNO. The van der Waals surface area contributed by atoms with Gasteiger partial charge >= 0.3 is 0 Å². The normalized spacial score (nSPS) is 10.6. The quantitative estimate of drug-likeness (QED) is 0.453. The fraction of sp³-hybridized carbons (Fsp3) is 0.214. The van der Waals surface area contributed by atoms with Crippen molar-refractivity contribution in [3.05, 3.63) is 53.7 Å². The molecule has 0 amide bonds. The summed E-state index contributed by atoms with van der Waals surface area (Å²) >= 11 is 6.10. The number of rotatable bonds is 5. The lowest BCUT2D eigenvalue weighted by Gasteiger charge is -2.06. The van der Waals surface area contributed by atoms with Gasteiger partial charge in [-0.15, -0.1) is 6.58 Å². The zero-order valence-corrected chi connectivity index (χ0v) is 10.3. The third-order valence-corrected chi connectivity index (χ3v) is 2.80. The molecule has 0 fully saturated rings. The first kappa shape index (κ1) is 12.1. The van der Waals surface area contributed by atoms with Gasteiger partial charge in [0.1, 0.15) is 5.15 Å². The average Bonchev–Trinajstić information content (AvgIpc) is 2.35. The maximum atomic E-state index is 6.10. The summed E-state index contributed by atoms with van der Waals surface area (Å²) < 4.78 is 5.49. The predicted molar refractivity (Wildman–Crippen MR) is 71.2 cm³/mol. The van der Waals surface area contributed by atoms with Crippen LogP contribution in [-0.2, 0) is 11.3 Å². The van der Waals surface area contributed by atoms with Crippen molar-refractivity contribution in [2.45, 2.75) is 13.0 Å². The van der Waals surface area contributed by atoms with Crippen molar-refractivity contribution in [1.82, 2.24) is 4.98 Å². The summed E-state index contributed by atoms with van der Waals surface area (Å²) in [6.07, 6.45) is 2.68. The lowest BCUT2D eigenvalue weighted by molar-refractivity contribution is 0.125. The van der Waals surface area contributed by atoms with E-state index >= 15 is 0 Å². The maximum absolute atomic E-state index is 6.10. The molecule has 0 saturated carbocycles. The van der Waals surface area contributed by atoms with Crippen molar-refractivity contribution < 1.29 is 4.74 Å². The van der Waals surface area contributed by atoms with Crippen LogP contribution in [0, 0.1) is 0 Å². The number of aromatic nitrogens is 1. The second-order valence-electron chi connectivity index (χ2n) is 3.76.